The van der Waals surface area contributed by atoms with Crippen molar-refractivity contribution in [3.8, 4) is 0 Å². The molecule has 4 amide bonds. The molecule has 2 aliphatic heterocycles. The number of pyridine rings is 1. The van der Waals surface area contributed by atoms with E-state index in [-0.39, 0.29) is 19.4 Å². The number of carbonyl (C=O) groups excluding carboxylic acids is 5. The predicted octanol–water partition coefficient (Wildman–Crippen LogP) is 3.24. The van der Waals surface area contributed by atoms with Gasteiger partial charge in [0.1, 0.15) is 17.7 Å². The van der Waals surface area contributed by atoms with E-state index < -0.39 is 64.3 Å². The van der Waals surface area contributed by atoms with E-state index in [1.807, 2.05) is 31.2 Å². The van der Waals surface area contributed by atoms with Crippen LogP contribution in [-0.4, -0.2) is 88.1 Å². The van der Waals surface area contributed by atoms with Crippen LogP contribution in [0.1, 0.15) is 79.7 Å². The second kappa shape index (κ2) is 13.7. The van der Waals surface area contributed by atoms with Gasteiger partial charge in [-0.2, -0.15) is 0 Å². The van der Waals surface area contributed by atoms with Gasteiger partial charge in [0.15, 0.2) is 5.60 Å². The number of hydrogen-bond donors (Lipinski definition) is 3. The highest BCUT2D eigenvalue weighted by Crippen LogP contribution is 2.40. The number of ketones is 1. The van der Waals surface area contributed by atoms with E-state index in [1.54, 1.807) is 53.9 Å². The third kappa shape index (κ3) is 8.06. The lowest BCUT2D eigenvalue weighted by atomic mass is 9.85. The molecule has 4 rings (SSSR count). The monoisotopic (exact) mass is 650 g/mol. The quantitative estimate of drug-likeness (QED) is 0.348. The number of benzene rings is 1. The highest BCUT2D eigenvalue weighted by molar-refractivity contribution is 6.38. The Bertz CT molecular complexity index is 1570. The van der Waals surface area contributed by atoms with E-state index in [0.29, 0.717) is 18.6 Å². The Balaban J connectivity index is 1.67. The summed E-state index contributed by atoms with van der Waals surface area (Å²) < 4.78 is 5.46. The first-order valence-corrected chi connectivity index (χ1v) is 15.9. The number of nitrogens with zero attached hydrogens (tertiary/aromatic N) is 3. The van der Waals surface area contributed by atoms with Crippen LogP contribution in [0.4, 0.5) is 4.79 Å². The molecule has 1 saturated heterocycles. The van der Waals surface area contributed by atoms with E-state index in [2.05, 4.69) is 26.1 Å². The fourth-order valence-corrected chi connectivity index (χ4v) is 5.99. The summed E-state index contributed by atoms with van der Waals surface area (Å²) in [4.78, 5) is 78.1. The lowest BCUT2D eigenvalue weighted by Gasteiger charge is -2.36. The number of likely N-dealkylation sites (N-methyl/N-ethyl adjacent to an activating group) is 1. The number of amides is 4. The molecular formula is C34H46N6O7. The van der Waals surface area contributed by atoms with Crippen LogP contribution < -0.4 is 16.0 Å². The van der Waals surface area contributed by atoms with Crippen molar-refractivity contribution in [2.45, 2.75) is 103 Å². The zero-order chi connectivity index (χ0) is 34.7. The lowest BCUT2D eigenvalue weighted by Crippen LogP contribution is -2.59. The van der Waals surface area contributed by atoms with Crippen LogP contribution >= 0.6 is 0 Å². The highest BCUT2D eigenvalue weighted by atomic mass is 16.7. The summed E-state index contributed by atoms with van der Waals surface area (Å²) in [6.07, 6.45) is 3.81. The number of aromatic nitrogens is 1. The standard InChI is InChI=1S/C34H46N6O7/c1-9-11-23(26(41)29(43)35-8)37-28(42)25-17-34(16-24(39-47-34)21-13-10-12-20-14-15-36-18-22(20)21)19-40(25)30(44)27(32(2,3)4)38-31(45)46-33(5,6)7/h10,12-15,18,23,25,27H,9,11,16-17,19H2,1-8H3,(H,35,43)(H,37,42)(H,38,45)/t23-,25-,27+,34+/m0/s1. The first-order valence-electron chi connectivity index (χ1n) is 15.9. The molecule has 1 aromatic carbocycles. The Morgan fingerprint density at radius 2 is 1.81 bits per heavy atom. The van der Waals surface area contributed by atoms with E-state index in [0.717, 1.165) is 16.3 Å². The fraction of sp³-hybridized carbons (Fsp3) is 0.559. The number of hydrogen-bond acceptors (Lipinski definition) is 9. The molecular weight excluding hydrogens is 604 g/mol. The average Bonchev–Trinajstić information content (AvgIpc) is 3.60. The maximum atomic E-state index is 14.4. The minimum atomic E-state index is -1.09. The minimum absolute atomic E-state index is 0.00957. The fourth-order valence-electron chi connectivity index (χ4n) is 5.99. The molecule has 0 bridgehead atoms. The summed E-state index contributed by atoms with van der Waals surface area (Å²) in [5, 5.41) is 14.1. The number of nitrogens with one attached hydrogen (secondary N) is 3. The normalized spacial score (nSPS) is 20.6. The molecule has 1 spiro atoms. The Labute approximate surface area is 275 Å². The molecule has 1 fully saturated rings. The number of likely N-dealkylation sites (tertiary alicyclic amines) is 1. The van der Waals surface area contributed by atoms with Gasteiger partial charge in [0.05, 0.1) is 18.3 Å². The molecule has 3 N–H and O–H groups in total. The van der Waals surface area contributed by atoms with Crippen LogP contribution in [-0.2, 0) is 28.8 Å². The van der Waals surface area contributed by atoms with Crippen molar-refractivity contribution in [2.24, 2.45) is 10.6 Å². The topological polar surface area (TPSA) is 168 Å². The van der Waals surface area contributed by atoms with E-state index in [4.69, 9.17) is 9.57 Å². The Kier molecular flexibility index (Phi) is 10.3. The zero-order valence-corrected chi connectivity index (χ0v) is 28.4. The number of rotatable bonds is 9. The molecule has 1 aromatic heterocycles. The van der Waals surface area contributed by atoms with Crippen LogP contribution in [0.5, 0.6) is 0 Å². The molecule has 2 aliphatic rings. The molecule has 254 valence electrons. The molecule has 0 aliphatic carbocycles. The Morgan fingerprint density at radius 1 is 1.09 bits per heavy atom. The van der Waals surface area contributed by atoms with Gasteiger partial charge in [-0.05, 0) is 44.1 Å². The van der Waals surface area contributed by atoms with Crippen molar-refractivity contribution in [2.75, 3.05) is 13.6 Å². The van der Waals surface area contributed by atoms with Gasteiger partial charge in [-0.1, -0.05) is 57.5 Å². The molecule has 4 atom stereocenters. The van der Waals surface area contributed by atoms with Crippen molar-refractivity contribution in [1.82, 2.24) is 25.8 Å². The summed E-state index contributed by atoms with van der Waals surface area (Å²) in [7, 11) is 1.34. The lowest BCUT2D eigenvalue weighted by molar-refractivity contribution is -0.144. The molecule has 3 heterocycles. The Hall–Kier alpha value is -4.55. The average molecular weight is 651 g/mol. The minimum Gasteiger partial charge on any atom is -0.444 e. The van der Waals surface area contributed by atoms with Gasteiger partial charge in [0, 0.05) is 43.2 Å². The van der Waals surface area contributed by atoms with Crippen molar-refractivity contribution < 1.29 is 33.5 Å². The van der Waals surface area contributed by atoms with Crippen LogP contribution in [0.3, 0.4) is 0 Å². The number of alkyl carbamates (subject to hydrolysis) is 1. The summed E-state index contributed by atoms with van der Waals surface area (Å²) in [6.45, 7) is 12.4. The summed E-state index contributed by atoms with van der Waals surface area (Å²) in [6, 6.07) is 4.46. The van der Waals surface area contributed by atoms with Crippen LogP contribution in [0.25, 0.3) is 10.8 Å². The molecule has 47 heavy (non-hydrogen) atoms. The highest BCUT2D eigenvalue weighted by Gasteiger charge is 2.56. The summed E-state index contributed by atoms with van der Waals surface area (Å²) in [5.74, 6) is -2.73. The van der Waals surface area contributed by atoms with Gasteiger partial charge in [-0.25, -0.2) is 4.79 Å². The van der Waals surface area contributed by atoms with Gasteiger partial charge < -0.3 is 30.4 Å². The van der Waals surface area contributed by atoms with Crippen molar-refractivity contribution in [3.05, 3.63) is 42.2 Å². The van der Waals surface area contributed by atoms with Gasteiger partial charge in [-0.3, -0.25) is 24.2 Å². The summed E-state index contributed by atoms with van der Waals surface area (Å²) in [5.41, 5.74) is -1.16. The van der Waals surface area contributed by atoms with Crippen LogP contribution in [0.2, 0.25) is 0 Å². The SMILES string of the molecule is CCC[C@H](NC(=O)[C@@H]1C[C@]2(CC(c3cccc4ccncc34)=NO2)CN1C(=O)[C@@H](NC(=O)OC(C)(C)C)C(C)(C)C)C(=O)C(=O)NC. The summed E-state index contributed by atoms with van der Waals surface area (Å²) >= 11 is 0. The van der Waals surface area contributed by atoms with Gasteiger partial charge in [0.25, 0.3) is 5.91 Å². The first kappa shape index (κ1) is 35.3. The molecule has 13 nitrogen and oxygen atoms in total. The van der Waals surface area contributed by atoms with Crippen LogP contribution in [0, 0.1) is 5.41 Å². The van der Waals surface area contributed by atoms with Crippen molar-refractivity contribution in [3.63, 3.8) is 0 Å². The second-order valence-corrected chi connectivity index (χ2v) is 14.3. The maximum Gasteiger partial charge on any atom is 0.408 e. The van der Waals surface area contributed by atoms with E-state index in [9.17, 15) is 24.0 Å². The third-order valence-electron chi connectivity index (χ3n) is 8.25. The molecule has 0 radical (unpaired) electrons. The molecule has 2 aromatic rings. The third-order valence-corrected chi connectivity index (χ3v) is 8.25. The largest absolute Gasteiger partial charge is 0.444 e. The van der Waals surface area contributed by atoms with Crippen molar-refractivity contribution in [1.29, 1.82) is 0 Å². The predicted molar refractivity (Wildman–Crippen MR) is 175 cm³/mol. The number of ether oxygens (including phenoxy) is 1. The number of carbonyl (C=O) groups is 5. The van der Waals surface area contributed by atoms with E-state index >= 15 is 0 Å². The smallest absolute Gasteiger partial charge is 0.408 e. The van der Waals surface area contributed by atoms with Crippen LogP contribution in [0.15, 0.2) is 41.8 Å². The molecule has 0 saturated carbocycles. The van der Waals surface area contributed by atoms with Gasteiger partial charge >= 0.3 is 6.09 Å². The zero-order valence-electron chi connectivity index (χ0n) is 28.4. The number of oxime groups is 1. The Morgan fingerprint density at radius 3 is 2.45 bits per heavy atom. The number of fused-ring (bicyclic) bond motifs is 1. The van der Waals surface area contributed by atoms with Crippen molar-refractivity contribution >= 4 is 46.1 Å². The molecule has 13 heteroatoms. The first-order chi connectivity index (χ1) is 22.0. The van der Waals surface area contributed by atoms with Gasteiger partial charge in [-0.15, -0.1) is 0 Å². The van der Waals surface area contributed by atoms with E-state index in [1.165, 1.54) is 11.9 Å². The maximum absolute atomic E-state index is 14.4. The molecule has 0 unspecified atom stereocenters. The van der Waals surface area contributed by atoms with Gasteiger partial charge in [0.2, 0.25) is 17.6 Å². The second-order valence-electron chi connectivity index (χ2n) is 14.3. The number of Topliss-reactive ketones (excluding diaryl/α,β-unsaturated/α-hetero) is 1.